The van der Waals surface area contributed by atoms with E-state index in [1.165, 1.54) is 6.21 Å². The molecule has 176 valence electrons. The van der Waals surface area contributed by atoms with Crippen LogP contribution in [-0.4, -0.2) is 25.1 Å². The van der Waals surface area contributed by atoms with Crippen LogP contribution in [-0.2, 0) is 4.79 Å². The summed E-state index contributed by atoms with van der Waals surface area (Å²) in [6, 6.07) is 3.23. The molecule has 1 heterocycles. The summed E-state index contributed by atoms with van der Waals surface area (Å²) < 4.78 is 0. The van der Waals surface area contributed by atoms with Gasteiger partial charge in [-0.2, -0.15) is 5.10 Å². The second kappa shape index (κ2) is 14.3. The molecule has 2 rings (SSSR count). The summed E-state index contributed by atoms with van der Waals surface area (Å²) in [5.41, 5.74) is 8.46. The molecular weight excluding hydrogens is 425 g/mol. The highest BCUT2D eigenvalue weighted by molar-refractivity contribution is 6.67. The summed E-state index contributed by atoms with van der Waals surface area (Å²) >= 11 is 0. The van der Waals surface area contributed by atoms with E-state index >= 15 is 0 Å². The van der Waals surface area contributed by atoms with E-state index in [0.717, 1.165) is 31.9 Å². The molecule has 5 N–H and O–H groups in total. The van der Waals surface area contributed by atoms with Gasteiger partial charge in [0.2, 0.25) is 5.91 Å². The number of nitrogens with zero attached hydrogens (tertiary/aromatic N) is 2. The first-order chi connectivity index (χ1) is 16.5. The van der Waals surface area contributed by atoms with E-state index in [-0.39, 0.29) is 12.6 Å². The number of benzene rings is 1. The predicted octanol–water partition coefficient (Wildman–Crippen LogP) is 4.78. The Morgan fingerprint density at radius 3 is 2.59 bits per heavy atom. The molecule has 1 fully saturated rings. The molecule has 0 unspecified atom stereocenters. The fourth-order valence-electron chi connectivity index (χ4n) is 4.06. The maximum atomic E-state index is 12.5. The number of hydrogen-bond donors (Lipinski definition) is 3. The smallest absolute Gasteiger partial charge is 0.267 e. The third kappa shape index (κ3) is 8.25. The number of nitrogen functional groups attached to an aromatic ring is 1. The Bertz CT molecular complexity index is 1040. The quantitative estimate of drug-likeness (QED) is 0.0884. The van der Waals surface area contributed by atoms with Crippen molar-refractivity contribution in [2.45, 2.75) is 45.2 Å². The molecule has 0 atom stereocenters. The Labute approximate surface area is 202 Å². The van der Waals surface area contributed by atoms with Gasteiger partial charge in [0.25, 0.3) is 6.71 Å². The zero-order valence-electron chi connectivity index (χ0n) is 19.6. The lowest BCUT2D eigenvalue weighted by Crippen LogP contribution is -2.21. The van der Waals surface area contributed by atoms with Crippen molar-refractivity contribution in [3.63, 3.8) is 0 Å². The fourth-order valence-corrected chi connectivity index (χ4v) is 4.06. The van der Waals surface area contributed by atoms with Crippen molar-refractivity contribution >= 4 is 42.1 Å². The van der Waals surface area contributed by atoms with Crippen LogP contribution < -0.4 is 16.9 Å². The Kier molecular flexibility index (Phi) is 11.1. The molecule has 1 aliphatic heterocycles. The summed E-state index contributed by atoms with van der Waals surface area (Å²) in [6.07, 6.45) is 20.1. The van der Waals surface area contributed by atoms with Gasteiger partial charge >= 0.3 is 0 Å². The number of hydrogen-bond acceptors (Lipinski definition) is 6. The van der Waals surface area contributed by atoms with Crippen LogP contribution in [0, 0.1) is 17.1 Å². The summed E-state index contributed by atoms with van der Waals surface area (Å²) in [4.78, 5) is 24.3. The van der Waals surface area contributed by atoms with Crippen molar-refractivity contribution in [3.05, 3.63) is 65.8 Å². The SMILES string of the molecule is C\C=C/C=C\C=C\C=C(/C=N\N)c1c(N)cc(NC(=O)CCC2CCB(C#N)CC2)cc1C=O. The van der Waals surface area contributed by atoms with Crippen molar-refractivity contribution in [2.24, 2.45) is 16.9 Å². The van der Waals surface area contributed by atoms with E-state index in [9.17, 15) is 9.59 Å². The van der Waals surface area contributed by atoms with Gasteiger partial charge in [0.1, 0.15) is 0 Å². The van der Waals surface area contributed by atoms with Crippen LogP contribution in [0.1, 0.15) is 48.5 Å². The van der Waals surface area contributed by atoms with E-state index in [1.807, 2.05) is 37.3 Å². The van der Waals surface area contributed by atoms with Crippen molar-refractivity contribution in [1.82, 2.24) is 0 Å². The summed E-state index contributed by atoms with van der Waals surface area (Å²) in [7, 11) is 0. The highest BCUT2D eigenvalue weighted by atomic mass is 16.1. The van der Waals surface area contributed by atoms with Crippen molar-refractivity contribution < 1.29 is 9.59 Å². The third-order valence-electron chi connectivity index (χ3n) is 5.83. The number of nitrogens with two attached hydrogens (primary N) is 2. The number of rotatable bonds is 10. The average Bonchev–Trinajstić information content (AvgIpc) is 2.84. The molecule has 1 aromatic carbocycles. The Hall–Kier alpha value is -3.86. The molecular formula is C26H32BN5O2. The fraction of sp³-hybridized carbons (Fsp3) is 0.308. The number of amides is 1. The maximum absolute atomic E-state index is 12.5. The number of hydrazone groups is 1. The van der Waals surface area contributed by atoms with E-state index in [4.69, 9.17) is 16.8 Å². The molecule has 1 aromatic rings. The van der Waals surface area contributed by atoms with E-state index < -0.39 is 0 Å². The standard InChI is InChI=1S/C26H32BN5O2/c1-2-3-4-5-6-7-8-21(17-31-30)26-22(18-33)15-23(16-24(26)29)32-25(34)10-9-20-11-13-27(19-28)14-12-20/h2-8,15-18,20H,9-14,29-30H2,1H3,(H,32,34)/b3-2-,5-4-,7-6+,21-8+,31-17-. The lowest BCUT2D eigenvalue weighted by molar-refractivity contribution is -0.116. The second-order valence-electron chi connectivity index (χ2n) is 8.28. The summed E-state index contributed by atoms with van der Waals surface area (Å²) in [5.74, 6) is 8.04. The van der Waals surface area contributed by atoms with E-state index in [1.54, 1.807) is 24.3 Å². The highest BCUT2D eigenvalue weighted by Gasteiger charge is 2.24. The second-order valence-corrected chi connectivity index (χ2v) is 8.28. The average molecular weight is 457 g/mol. The molecule has 1 saturated heterocycles. The lowest BCUT2D eigenvalue weighted by Gasteiger charge is -2.22. The Morgan fingerprint density at radius 1 is 1.24 bits per heavy atom. The van der Waals surface area contributed by atoms with Gasteiger partial charge in [-0.1, -0.05) is 68.0 Å². The zero-order valence-corrected chi connectivity index (χ0v) is 19.6. The van der Waals surface area contributed by atoms with Gasteiger partial charge in [0, 0.05) is 40.5 Å². The first-order valence-electron chi connectivity index (χ1n) is 11.5. The lowest BCUT2D eigenvalue weighted by atomic mass is 9.41. The van der Waals surface area contributed by atoms with Crippen LogP contribution in [0.2, 0.25) is 12.6 Å². The van der Waals surface area contributed by atoms with Crippen molar-refractivity contribution in [2.75, 3.05) is 11.1 Å². The van der Waals surface area contributed by atoms with Crippen LogP contribution >= 0.6 is 0 Å². The van der Waals surface area contributed by atoms with Crippen LogP contribution in [0.5, 0.6) is 0 Å². The number of carbonyl (C=O) groups is 2. The van der Waals surface area contributed by atoms with Crippen LogP contribution in [0.3, 0.4) is 0 Å². The Balaban J connectivity index is 2.11. The molecule has 0 aliphatic carbocycles. The number of nitriles is 1. The monoisotopic (exact) mass is 457 g/mol. The molecule has 0 spiro atoms. The molecule has 0 radical (unpaired) electrons. The van der Waals surface area contributed by atoms with Crippen LogP contribution in [0.15, 0.2) is 59.8 Å². The van der Waals surface area contributed by atoms with Gasteiger partial charge in [-0.05, 0) is 31.4 Å². The minimum absolute atomic E-state index is 0.124. The first-order valence-corrected chi connectivity index (χ1v) is 11.5. The van der Waals surface area contributed by atoms with Gasteiger partial charge in [0.15, 0.2) is 6.29 Å². The minimum Gasteiger partial charge on any atom is -0.398 e. The number of anilines is 2. The number of allylic oxidation sites excluding steroid dienone is 8. The Morgan fingerprint density at radius 2 is 1.94 bits per heavy atom. The van der Waals surface area contributed by atoms with Crippen molar-refractivity contribution in [1.29, 1.82) is 5.26 Å². The molecule has 8 heteroatoms. The van der Waals surface area contributed by atoms with Gasteiger partial charge in [-0.25, -0.2) is 5.26 Å². The topological polar surface area (TPSA) is 134 Å². The summed E-state index contributed by atoms with van der Waals surface area (Å²) in [5, 5.41) is 15.5. The maximum Gasteiger partial charge on any atom is 0.267 e. The zero-order chi connectivity index (χ0) is 24.8. The highest BCUT2D eigenvalue weighted by Crippen LogP contribution is 2.30. The number of aldehydes is 1. The number of carbonyl (C=O) groups excluding carboxylic acids is 2. The third-order valence-corrected chi connectivity index (χ3v) is 5.83. The molecule has 0 aromatic heterocycles. The largest absolute Gasteiger partial charge is 0.398 e. The van der Waals surface area contributed by atoms with Crippen molar-refractivity contribution in [3.8, 4) is 5.97 Å². The van der Waals surface area contributed by atoms with Crippen LogP contribution in [0.4, 0.5) is 11.4 Å². The molecule has 0 bridgehead atoms. The molecule has 7 nitrogen and oxygen atoms in total. The van der Waals surface area contributed by atoms with Gasteiger partial charge in [-0.15, -0.1) is 0 Å². The molecule has 0 saturated carbocycles. The van der Waals surface area contributed by atoms with E-state index in [0.29, 0.717) is 46.7 Å². The van der Waals surface area contributed by atoms with Crippen LogP contribution in [0.25, 0.3) is 5.57 Å². The van der Waals surface area contributed by atoms with Gasteiger partial charge < -0.3 is 16.9 Å². The minimum atomic E-state index is -0.124. The normalized spacial score (nSPS) is 15.5. The molecule has 34 heavy (non-hydrogen) atoms. The number of nitrogens with one attached hydrogen (secondary N) is 1. The van der Waals surface area contributed by atoms with Gasteiger partial charge in [0.05, 0.1) is 6.21 Å². The van der Waals surface area contributed by atoms with E-state index in [2.05, 4.69) is 16.4 Å². The summed E-state index contributed by atoms with van der Waals surface area (Å²) in [6.45, 7) is 2.09. The first kappa shape index (κ1) is 26.4. The van der Waals surface area contributed by atoms with Gasteiger partial charge in [-0.3, -0.25) is 9.59 Å². The molecule has 1 aliphatic rings. The molecule has 1 amide bonds. The predicted molar refractivity (Wildman–Crippen MR) is 142 cm³/mol.